The van der Waals surface area contributed by atoms with Crippen LogP contribution in [0.1, 0.15) is 25.3 Å². The van der Waals surface area contributed by atoms with Crippen molar-refractivity contribution in [2.45, 2.75) is 26.2 Å². The van der Waals surface area contributed by atoms with Crippen LogP contribution in [0.4, 0.5) is 0 Å². The molecule has 2 N–H and O–H groups in total. The SMILES string of the molecule is COc1ccccc1CC(C)CC(=O)NCCC(=O)O. The van der Waals surface area contributed by atoms with Crippen LogP contribution < -0.4 is 10.1 Å². The number of hydrogen-bond donors (Lipinski definition) is 2. The number of carbonyl (C=O) groups is 2. The second kappa shape index (κ2) is 8.19. The van der Waals surface area contributed by atoms with Gasteiger partial charge in [-0.2, -0.15) is 0 Å². The van der Waals surface area contributed by atoms with E-state index in [0.29, 0.717) is 6.42 Å². The number of ether oxygens (including phenoxy) is 1. The maximum Gasteiger partial charge on any atom is 0.305 e. The van der Waals surface area contributed by atoms with Gasteiger partial charge in [-0.1, -0.05) is 25.1 Å². The van der Waals surface area contributed by atoms with Gasteiger partial charge < -0.3 is 15.2 Å². The Bertz CT molecular complexity index is 459. The highest BCUT2D eigenvalue weighted by Crippen LogP contribution is 2.21. The van der Waals surface area contributed by atoms with Gasteiger partial charge in [0.2, 0.25) is 5.91 Å². The first-order valence-corrected chi connectivity index (χ1v) is 6.63. The molecule has 0 aliphatic carbocycles. The lowest BCUT2D eigenvalue weighted by molar-refractivity contribution is -0.136. The molecule has 0 radical (unpaired) electrons. The average Bonchev–Trinajstić information content (AvgIpc) is 2.38. The molecule has 0 saturated heterocycles. The number of nitrogens with one attached hydrogen (secondary N) is 1. The van der Waals surface area contributed by atoms with Gasteiger partial charge >= 0.3 is 5.97 Å². The van der Waals surface area contributed by atoms with E-state index in [0.717, 1.165) is 17.7 Å². The first-order valence-electron chi connectivity index (χ1n) is 6.63. The number of methoxy groups -OCH3 is 1. The van der Waals surface area contributed by atoms with Gasteiger partial charge in [-0.05, 0) is 24.0 Å². The third-order valence-corrected chi connectivity index (χ3v) is 2.96. The summed E-state index contributed by atoms with van der Waals surface area (Å²) in [6.45, 7) is 2.17. The molecule has 110 valence electrons. The fourth-order valence-corrected chi connectivity index (χ4v) is 2.02. The van der Waals surface area contributed by atoms with E-state index in [1.54, 1.807) is 7.11 Å². The van der Waals surface area contributed by atoms with Crippen LogP contribution in [0, 0.1) is 5.92 Å². The molecule has 1 amide bonds. The van der Waals surface area contributed by atoms with Crippen LogP contribution in [0.15, 0.2) is 24.3 Å². The molecule has 0 heterocycles. The van der Waals surface area contributed by atoms with Crippen molar-refractivity contribution in [3.05, 3.63) is 29.8 Å². The maximum atomic E-state index is 11.6. The Morgan fingerprint density at radius 1 is 1.35 bits per heavy atom. The Hall–Kier alpha value is -2.04. The van der Waals surface area contributed by atoms with Gasteiger partial charge in [-0.3, -0.25) is 9.59 Å². The Morgan fingerprint density at radius 3 is 2.70 bits per heavy atom. The summed E-state index contributed by atoms with van der Waals surface area (Å²) in [4.78, 5) is 22.0. The molecule has 5 heteroatoms. The number of carboxylic acid groups (broad SMARTS) is 1. The van der Waals surface area contributed by atoms with Gasteiger partial charge in [0.25, 0.3) is 0 Å². The molecular weight excluding hydrogens is 258 g/mol. The van der Waals surface area contributed by atoms with E-state index in [4.69, 9.17) is 9.84 Å². The molecule has 20 heavy (non-hydrogen) atoms. The lowest BCUT2D eigenvalue weighted by Crippen LogP contribution is -2.27. The summed E-state index contributed by atoms with van der Waals surface area (Å²) in [6.07, 6.45) is 1.07. The van der Waals surface area contributed by atoms with Crippen molar-refractivity contribution in [1.82, 2.24) is 5.32 Å². The highest BCUT2D eigenvalue weighted by atomic mass is 16.5. The van der Waals surface area contributed by atoms with Crippen molar-refractivity contribution in [2.24, 2.45) is 5.92 Å². The van der Waals surface area contributed by atoms with Crippen molar-refractivity contribution in [3.8, 4) is 5.75 Å². The lowest BCUT2D eigenvalue weighted by atomic mass is 9.97. The molecule has 0 aromatic heterocycles. The Kier molecular flexibility index (Phi) is 6.56. The first kappa shape index (κ1) is 16.0. The number of amides is 1. The summed E-state index contributed by atoms with van der Waals surface area (Å²) < 4.78 is 5.28. The molecule has 0 spiro atoms. The van der Waals surface area contributed by atoms with Crippen LogP contribution in [-0.2, 0) is 16.0 Å². The van der Waals surface area contributed by atoms with Crippen LogP contribution in [0.2, 0.25) is 0 Å². The molecule has 0 bridgehead atoms. The van der Waals surface area contributed by atoms with Gasteiger partial charge in [0.15, 0.2) is 0 Å². The smallest absolute Gasteiger partial charge is 0.305 e. The van der Waals surface area contributed by atoms with E-state index in [-0.39, 0.29) is 24.8 Å². The Morgan fingerprint density at radius 2 is 2.05 bits per heavy atom. The van der Waals surface area contributed by atoms with E-state index in [1.807, 2.05) is 31.2 Å². The van der Waals surface area contributed by atoms with E-state index in [9.17, 15) is 9.59 Å². The second-order valence-corrected chi connectivity index (χ2v) is 4.82. The molecule has 1 aromatic carbocycles. The largest absolute Gasteiger partial charge is 0.496 e. The topological polar surface area (TPSA) is 75.6 Å². The van der Waals surface area contributed by atoms with Gasteiger partial charge in [0.05, 0.1) is 13.5 Å². The predicted molar refractivity (Wildman–Crippen MR) is 75.7 cm³/mol. The summed E-state index contributed by atoms with van der Waals surface area (Å²) in [5, 5.41) is 11.1. The van der Waals surface area contributed by atoms with Crippen LogP contribution in [0.3, 0.4) is 0 Å². The first-order chi connectivity index (χ1) is 9.52. The van der Waals surface area contributed by atoms with Crippen molar-refractivity contribution >= 4 is 11.9 Å². The highest BCUT2D eigenvalue weighted by Gasteiger charge is 2.12. The minimum Gasteiger partial charge on any atom is -0.496 e. The maximum absolute atomic E-state index is 11.6. The normalized spacial score (nSPS) is 11.7. The highest BCUT2D eigenvalue weighted by molar-refractivity contribution is 5.77. The zero-order chi connectivity index (χ0) is 15.0. The molecule has 0 fully saturated rings. The number of aliphatic carboxylic acids is 1. The summed E-state index contributed by atoms with van der Waals surface area (Å²) in [5.74, 6) is -0.0391. The molecule has 1 atom stereocenters. The van der Waals surface area contributed by atoms with Crippen molar-refractivity contribution < 1.29 is 19.4 Å². The van der Waals surface area contributed by atoms with Gasteiger partial charge in [0.1, 0.15) is 5.75 Å². The molecule has 0 aliphatic rings. The minimum absolute atomic E-state index is 0.0490. The number of carboxylic acids is 1. The van der Waals surface area contributed by atoms with Crippen LogP contribution in [-0.4, -0.2) is 30.6 Å². The van der Waals surface area contributed by atoms with Crippen molar-refractivity contribution in [3.63, 3.8) is 0 Å². The molecular formula is C15H21NO4. The van der Waals surface area contributed by atoms with E-state index < -0.39 is 5.97 Å². The predicted octanol–water partition coefficient (Wildman–Crippen LogP) is 1.85. The Balaban J connectivity index is 2.41. The van der Waals surface area contributed by atoms with Crippen molar-refractivity contribution in [2.75, 3.05) is 13.7 Å². The summed E-state index contributed by atoms with van der Waals surface area (Å²) in [5.41, 5.74) is 1.07. The molecule has 5 nitrogen and oxygen atoms in total. The van der Waals surface area contributed by atoms with Gasteiger partial charge in [-0.25, -0.2) is 0 Å². The van der Waals surface area contributed by atoms with Crippen molar-refractivity contribution in [1.29, 1.82) is 0 Å². The number of para-hydroxylation sites is 1. The number of rotatable bonds is 8. The second-order valence-electron chi connectivity index (χ2n) is 4.82. The average molecular weight is 279 g/mol. The molecule has 0 saturated carbocycles. The molecule has 0 aliphatic heterocycles. The van der Waals surface area contributed by atoms with E-state index in [1.165, 1.54) is 0 Å². The number of hydrogen-bond acceptors (Lipinski definition) is 3. The molecule has 1 aromatic rings. The monoisotopic (exact) mass is 279 g/mol. The Labute approximate surface area is 118 Å². The fourth-order valence-electron chi connectivity index (χ4n) is 2.02. The van der Waals surface area contributed by atoms with Gasteiger partial charge in [0, 0.05) is 13.0 Å². The third-order valence-electron chi connectivity index (χ3n) is 2.96. The summed E-state index contributed by atoms with van der Waals surface area (Å²) in [7, 11) is 1.63. The molecule has 1 unspecified atom stereocenters. The van der Waals surface area contributed by atoms with Crippen LogP contribution in [0.5, 0.6) is 5.75 Å². The van der Waals surface area contributed by atoms with Gasteiger partial charge in [-0.15, -0.1) is 0 Å². The zero-order valence-corrected chi connectivity index (χ0v) is 11.9. The van der Waals surface area contributed by atoms with E-state index in [2.05, 4.69) is 5.32 Å². The standard InChI is InChI=1S/C15H21NO4/c1-11(10-14(17)16-8-7-15(18)19)9-12-5-3-4-6-13(12)20-2/h3-6,11H,7-10H2,1-2H3,(H,16,17)(H,18,19). The van der Waals surface area contributed by atoms with E-state index >= 15 is 0 Å². The summed E-state index contributed by atoms with van der Waals surface area (Å²) >= 11 is 0. The van der Waals surface area contributed by atoms with Crippen LogP contribution in [0.25, 0.3) is 0 Å². The summed E-state index contributed by atoms with van der Waals surface area (Å²) in [6, 6.07) is 7.73. The minimum atomic E-state index is -0.910. The number of carbonyl (C=O) groups excluding carboxylic acids is 1. The fraction of sp³-hybridized carbons (Fsp3) is 0.467. The lowest BCUT2D eigenvalue weighted by Gasteiger charge is -2.13. The third kappa shape index (κ3) is 5.73. The quantitative estimate of drug-likeness (QED) is 0.761. The molecule has 1 rings (SSSR count). The number of benzene rings is 1. The van der Waals surface area contributed by atoms with Crippen LogP contribution >= 0.6 is 0 Å². The zero-order valence-electron chi connectivity index (χ0n) is 11.9.